The Bertz CT molecular complexity index is 736. The van der Waals surface area contributed by atoms with Crippen molar-refractivity contribution in [2.75, 3.05) is 13.1 Å². The maximum Gasteiger partial charge on any atom is 0.416 e. The number of aromatic nitrogens is 2. The van der Waals surface area contributed by atoms with Crippen molar-refractivity contribution in [2.45, 2.75) is 39.5 Å². The van der Waals surface area contributed by atoms with Crippen LogP contribution in [0.3, 0.4) is 0 Å². The number of hydrogen-bond donors (Lipinski definition) is 2. The van der Waals surface area contributed by atoms with Crippen LogP contribution in [0.25, 0.3) is 0 Å². The molecule has 1 unspecified atom stereocenters. The van der Waals surface area contributed by atoms with E-state index in [1.165, 1.54) is 6.07 Å². The first-order chi connectivity index (χ1) is 12.3. The summed E-state index contributed by atoms with van der Waals surface area (Å²) in [6.45, 7) is 7.49. The molecule has 5 nitrogen and oxygen atoms in total. The zero-order valence-corrected chi connectivity index (χ0v) is 15.1. The van der Waals surface area contributed by atoms with Crippen LogP contribution in [0.4, 0.5) is 13.2 Å². The molecule has 0 amide bonds. The van der Waals surface area contributed by atoms with Gasteiger partial charge in [0.1, 0.15) is 0 Å². The summed E-state index contributed by atoms with van der Waals surface area (Å²) in [5, 5.41) is 10.5. The maximum atomic E-state index is 12.9. The number of aryl methyl sites for hydroxylation is 1. The minimum atomic E-state index is -4.35. The van der Waals surface area contributed by atoms with Crippen LogP contribution in [0.2, 0.25) is 0 Å². The van der Waals surface area contributed by atoms with E-state index in [0.29, 0.717) is 31.2 Å². The lowest BCUT2D eigenvalue weighted by Crippen LogP contribution is -2.39. The minimum absolute atomic E-state index is 0.318. The SMILES string of the molecule is CCNC(=NCCn1cc(C)cn1)NC(C)c1cccc(C(F)(F)F)c1. The summed E-state index contributed by atoms with van der Waals surface area (Å²) in [5.41, 5.74) is 0.977. The predicted octanol–water partition coefficient (Wildman–Crippen LogP) is 3.53. The number of benzene rings is 1. The third-order valence-electron chi connectivity index (χ3n) is 3.77. The van der Waals surface area contributed by atoms with Gasteiger partial charge in [-0.1, -0.05) is 12.1 Å². The summed E-state index contributed by atoms with van der Waals surface area (Å²) in [6, 6.07) is 5.00. The average molecular weight is 367 g/mol. The van der Waals surface area contributed by atoms with Crippen LogP contribution in [0.1, 0.15) is 36.6 Å². The van der Waals surface area contributed by atoms with Crippen molar-refractivity contribution < 1.29 is 13.2 Å². The molecule has 0 radical (unpaired) electrons. The number of rotatable bonds is 6. The predicted molar refractivity (Wildman–Crippen MR) is 95.9 cm³/mol. The molecule has 142 valence electrons. The molecular formula is C18H24F3N5. The molecule has 0 saturated heterocycles. The van der Waals surface area contributed by atoms with Crippen LogP contribution >= 0.6 is 0 Å². The summed E-state index contributed by atoms with van der Waals surface area (Å²) in [4.78, 5) is 4.47. The lowest BCUT2D eigenvalue weighted by molar-refractivity contribution is -0.137. The molecule has 1 aromatic carbocycles. The highest BCUT2D eigenvalue weighted by Crippen LogP contribution is 2.30. The third-order valence-corrected chi connectivity index (χ3v) is 3.77. The van der Waals surface area contributed by atoms with E-state index >= 15 is 0 Å². The Labute approximate surface area is 151 Å². The molecule has 0 fully saturated rings. The van der Waals surface area contributed by atoms with Gasteiger partial charge in [-0.05, 0) is 44.0 Å². The maximum absolute atomic E-state index is 12.9. The van der Waals surface area contributed by atoms with E-state index in [1.54, 1.807) is 23.9 Å². The topological polar surface area (TPSA) is 54.2 Å². The van der Waals surface area contributed by atoms with Crippen LogP contribution in [-0.2, 0) is 12.7 Å². The van der Waals surface area contributed by atoms with Crippen molar-refractivity contribution in [2.24, 2.45) is 4.99 Å². The second-order valence-corrected chi connectivity index (χ2v) is 6.03. The fourth-order valence-electron chi connectivity index (χ4n) is 2.45. The van der Waals surface area contributed by atoms with Crippen molar-refractivity contribution in [1.82, 2.24) is 20.4 Å². The van der Waals surface area contributed by atoms with E-state index in [1.807, 2.05) is 20.0 Å². The van der Waals surface area contributed by atoms with Gasteiger partial charge < -0.3 is 10.6 Å². The van der Waals surface area contributed by atoms with Crippen molar-refractivity contribution in [3.63, 3.8) is 0 Å². The number of nitrogens with one attached hydrogen (secondary N) is 2. The van der Waals surface area contributed by atoms with E-state index in [-0.39, 0.29) is 6.04 Å². The van der Waals surface area contributed by atoms with E-state index in [0.717, 1.165) is 17.7 Å². The lowest BCUT2D eigenvalue weighted by atomic mass is 10.1. The van der Waals surface area contributed by atoms with E-state index in [9.17, 15) is 13.2 Å². The third kappa shape index (κ3) is 5.79. The quantitative estimate of drug-likeness (QED) is 0.607. The van der Waals surface area contributed by atoms with Gasteiger partial charge in [-0.15, -0.1) is 0 Å². The molecular weight excluding hydrogens is 343 g/mol. The minimum Gasteiger partial charge on any atom is -0.357 e. The number of hydrogen-bond acceptors (Lipinski definition) is 2. The van der Waals surface area contributed by atoms with Gasteiger partial charge in [-0.3, -0.25) is 9.67 Å². The summed E-state index contributed by atoms with van der Waals surface area (Å²) in [6.07, 6.45) is -0.639. The Balaban J connectivity index is 2.02. The first-order valence-electron chi connectivity index (χ1n) is 8.50. The molecule has 0 aliphatic carbocycles. The molecule has 1 heterocycles. The fraction of sp³-hybridized carbons (Fsp3) is 0.444. The summed E-state index contributed by atoms with van der Waals surface area (Å²) in [7, 11) is 0. The van der Waals surface area contributed by atoms with Gasteiger partial charge in [0, 0.05) is 12.7 Å². The van der Waals surface area contributed by atoms with E-state index in [2.05, 4.69) is 20.7 Å². The van der Waals surface area contributed by atoms with Gasteiger partial charge in [0.05, 0.1) is 30.9 Å². The van der Waals surface area contributed by atoms with Gasteiger partial charge >= 0.3 is 6.18 Å². The van der Waals surface area contributed by atoms with Gasteiger partial charge in [-0.2, -0.15) is 18.3 Å². The number of aliphatic imine (C=N–C) groups is 1. The highest BCUT2D eigenvalue weighted by molar-refractivity contribution is 5.80. The first kappa shape index (κ1) is 19.8. The fourth-order valence-corrected chi connectivity index (χ4v) is 2.45. The summed E-state index contributed by atoms with van der Waals surface area (Å²) < 4.78 is 40.4. The number of guanidine groups is 1. The average Bonchev–Trinajstić information content (AvgIpc) is 2.99. The molecule has 2 rings (SSSR count). The zero-order valence-electron chi connectivity index (χ0n) is 15.1. The van der Waals surface area contributed by atoms with E-state index < -0.39 is 11.7 Å². The van der Waals surface area contributed by atoms with Crippen LogP contribution < -0.4 is 10.6 Å². The number of nitrogens with zero attached hydrogens (tertiary/aromatic N) is 3. The highest BCUT2D eigenvalue weighted by Gasteiger charge is 2.30. The second-order valence-electron chi connectivity index (χ2n) is 6.03. The number of halogens is 3. The Hall–Kier alpha value is -2.51. The summed E-state index contributed by atoms with van der Waals surface area (Å²) >= 11 is 0. The van der Waals surface area contributed by atoms with E-state index in [4.69, 9.17) is 0 Å². The standard InChI is InChI=1S/C18H24F3N5/c1-4-22-17(23-8-9-26-12-13(2)11-24-26)25-14(3)15-6-5-7-16(10-15)18(19,20)21/h5-7,10-12,14H,4,8-9H2,1-3H3,(H2,22,23,25). The molecule has 1 aromatic heterocycles. The molecule has 0 saturated carbocycles. The molecule has 2 aromatic rings. The normalized spacial score (nSPS) is 13.5. The lowest BCUT2D eigenvalue weighted by Gasteiger charge is -2.19. The largest absolute Gasteiger partial charge is 0.416 e. The monoisotopic (exact) mass is 367 g/mol. The number of alkyl halides is 3. The van der Waals surface area contributed by atoms with Gasteiger partial charge in [-0.25, -0.2) is 0 Å². The molecule has 26 heavy (non-hydrogen) atoms. The zero-order chi connectivity index (χ0) is 19.2. The Morgan fingerprint density at radius 1 is 1.35 bits per heavy atom. The highest BCUT2D eigenvalue weighted by atomic mass is 19.4. The molecule has 0 bridgehead atoms. The van der Waals surface area contributed by atoms with Gasteiger partial charge in [0.15, 0.2) is 5.96 Å². The second kappa shape index (κ2) is 8.73. The Kier molecular flexibility index (Phi) is 6.65. The smallest absolute Gasteiger partial charge is 0.357 e. The Morgan fingerprint density at radius 3 is 2.73 bits per heavy atom. The first-order valence-corrected chi connectivity index (χ1v) is 8.50. The molecule has 2 N–H and O–H groups in total. The molecule has 8 heteroatoms. The molecule has 0 aliphatic heterocycles. The molecule has 0 spiro atoms. The van der Waals surface area contributed by atoms with Crippen LogP contribution in [0, 0.1) is 6.92 Å². The van der Waals surface area contributed by atoms with Crippen LogP contribution in [0.15, 0.2) is 41.7 Å². The van der Waals surface area contributed by atoms with Crippen molar-refractivity contribution in [3.8, 4) is 0 Å². The van der Waals surface area contributed by atoms with Crippen molar-refractivity contribution in [1.29, 1.82) is 0 Å². The summed E-state index contributed by atoms with van der Waals surface area (Å²) in [5.74, 6) is 0.557. The van der Waals surface area contributed by atoms with Crippen LogP contribution in [-0.4, -0.2) is 28.8 Å². The van der Waals surface area contributed by atoms with Gasteiger partial charge in [0.2, 0.25) is 0 Å². The Morgan fingerprint density at radius 2 is 2.12 bits per heavy atom. The molecule has 0 aliphatic rings. The van der Waals surface area contributed by atoms with Gasteiger partial charge in [0.25, 0.3) is 0 Å². The molecule has 1 atom stereocenters. The van der Waals surface area contributed by atoms with Crippen molar-refractivity contribution in [3.05, 3.63) is 53.3 Å². The van der Waals surface area contributed by atoms with Crippen molar-refractivity contribution >= 4 is 5.96 Å². The van der Waals surface area contributed by atoms with Crippen LogP contribution in [0.5, 0.6) is 0 Å².